The molecule has 13 heteroatoms. The fourth-order valence-electron chi connectivity index (χ4n) is 2.52. The van der Waals surface area contributed by atoms with Gasteiger partial charge < -0.3 is 40.3 Å². The molecule has 0 aromatic carbocycles. The molecule has 0 aromatic heterocycles. The standard InChI is InChI=1S/C12H24O11S2/c1-5-9(17)10(18)7(15)3-24(5)4-8(16)12(23-25(20,21)22)11(19)6(14)2-13/h5-19H,2-4H2,1H3/t5-,6+,7+,8-,9+,10-,11+,12+,24?/m0/s1. The molecule has 11 nitrogen and oxygen atoms in total. The predicted octanol–water partition coefficient (Wildman–Crippen LogP) is -4.99. The van der Waals surface area contributed by atoms with E-state index in [0.29, 0.717) is 0 Å². The average Bonchev–Trinajstić information content (AvgIpc) is 2.53. The number of aliphatic hydroxyl groups is 7. The molecular formula is C12H24O11S2. The third-order valence-electron chi connectivity index (χ3n) is 4.05. The van der Waals surface area contributed by atoms with E-state index in [9.17, 15) is 43.6 Å². The summed E-state index contributed by atoms with van der Waals surface area (Å²) in [4.78, 5) is 0. The van der Waals surface area contributed by atoms with E-state index in [4.69, 9.17) is 5.11 Å². The Morgan fingerprint density at radius 3 is 2.20 bits per heavy atom. The molecule has 1 aliphatic heterocycles. The summed E-state index contributed by atoms with van der Waals surface area (Å²) in [5.74, 6) is -0.288. The monoisotopic (exact) mass is 408 g/mol. The Morgan fingerprint density at radius 2 is 1.72 bits per heavy atom. The zero-order valence-electron chi connectivity index (χ0n) is 13.3. The van der Waals surface area contributed by atoms with Gasteiger partial charge in [0, 0.05) is 0 Å². The van der Waals surface area contributed by atoms with Crippen LogP contribution in [0, 0.1) is 0 Å². The summed E-state index contributed by atoms with van der Waals surface area (Å²) in [6, 6.07) is 0. The van der Waals surface area contributed by atoms with Crippen molar-refractivity contribution in [3.8, 4) is 0 Å². The summed E-state index contributed by atoms with van der Waals surface area (Å²) in [5.41, 5.74) is 0. The molecule has 1 saturated heterocycles. The maximum absolute atomic E-state index is 10.8. The van der Waals surface area contributed by atoms with E-state index >= 15 is 0 Å². The van der Waals surface area contributed by atoms with E-state index in [2.05, 4.69) is 4.18 Å². The van der Waals surface area contributed by atoms with Crippen LogP contribution in [0.1, 0.15) is 6.92 Å². The lowest BCUT2D eigenvalue weighted by molar-refractivity contribution is -0.100. The number of aliphatic hydroxyl groups excluding tert-OH is 7. The van der Waals surface area contributed by atoms with E-state index in [1.165, 1.54) is 0 Å². The Labute approximate surface area is 147 Å². The van der Waals surface area contributed by atoms with Crippen LogP contribution in [0.15, 0.2) is 0 Å². The lowest BCUT2D eigenvalue weighted by Gasteiger charge is -2.35. The number of hydrogen-bond acceptors (Lipinski definition) is 11. The van der Waals surface area contributed by atoms with E-state index in [-0.39, 0.29) is 11.5 Å². The Kier molecular flexibility index (Phi) is 8.49. The zero-order valence-corrected chi connectivity index (χ0v) is 15.0. The van der Waals surface area contributed by atoms with Crippen molar-refractivity contribution < 1.29 is 52.9 Å². The van der Waals surface area contributed by atoms with Crippen molar-refractivity contribution in [1.29, 1.82) is 0 Å². The predicted molar refractivity (Wildman–Crippen MR) is 84.3 cm³/mol. The highest BCUT2D eigenvalue weighted by atomic mass is 32.3. The first-order valence-corrected chi connectivity index (χ1v) is 10.3. The van der Waals surface area contributed by atoms with Gasteiger partial charge in [0.2, 0.25) is 10.4 Å². The first-order chi connectivity index (χ1) is 11.4. The van der Waals surface area contributed by atoms with Crippen molar-refractivity contribution in [3.05, 3.63) is 0 Å². The molecule has 0 saturated carbocycles. The van der Waals surface area contributed by atoms with Gasteiger partial charge in [0.15, 0.2) is 0 Å². The van der Waals surface area contributed by atoms with E-state index in [0.717, 1.165) is 0 Å². The van der Waals surface area contributed by atoms with Crippen LogP contribution in [-0.2, 0) is 25.5 Å². The van der Waals surface area contributed by atoms with Crippen LogP contribution in [0.5, 0.6) is 0 Å². The Hall–Kier alpha value is -0.0600. The van der Waals surface area contributed by atoms with Gasteiger partial charge in [-0.1, -0.05) is 0 Å². The lowest BCUT2D eigenvalue weighted by atomic mass is 10.0. The van der Waals surface area contributed by atoms with Gasteiger partial charge in [-0.3, -0.25) is 4.18 Å². The molecule has 9 atom stereocenters. The van der Waals surface area contributed by atoms with Crippen molar-refractivity contribution in [2.45, 2.75) is 54.9 Å². The molecule has 150 valence electrons. The average molecular weight is 408 g/mol. The minimum Gasteiger partial charge on any atom is -0.726 e. The number of hydrogen-bond donors (Lipinski definition) is 7. The summed E-state index contributed by atoms with van der Waals surface area (Å²) in [6.07, 6.45) is -11.7. The Balaban J connectivity index is 2.92. The largest absolute Gasteiger partial charge is 0.726 e. The van der Waals surface area contributed by atoms with Gasteiger partial charge in [-0.2, -0.15) is 0 Å². The molecule has 0 radical (unpaired) electrons. The molecule has 1 heterocycles. The second-order valence-electron chi connectivity index (χ2n) is 5.90. The molecule has 0 amide bonds. The SMILES string of the molecule is C[C@H]1[C@@H](O)[C@@H](O)[C@H](O)C[S+]1C[C@H](O)[C@@H](OS(=O)(=O)[O-])[C@H](O)[C@H](O)CO. The molecular weight excluding hydrogens is 384 g/mol. The van der Waals surface area contributed by atoms with Crippen molar-refractivity contribution >= 4 is 21.3 Å². The molecule has 7 N–H and O–H groups in total. The summed E-state index contributed by atoms with van der Waals surface area (Å²) < 4.78 is 36.5. The summed E-state index contributed by atoms with van der Waals surface area (Å²) in [7, 11) is -6.26. The van der Waals surface area contributed by atoms with Crippen LogP contribution in [0.25, 0.3) is 0 Å². The topological polar surface area (TPSA) is 208 Å². The van der Waals surface area contributed by atoms with Crippen LogP contribution < -0.4 is 0 Å². The molecule has 0 aliphatic carbocycles. The summed E-state index contributed by atoms with van der Waals surface area (Å²) >= 11 is 0. The summed E-state index contributed by atoms with van der Waals surface area (Å²) in [5, 5.41) is 66.9. The Morgan fingerprint density at radius 1 is 1.16 bits per heavy atom. The van der Waals surface area contributed by atoms with Gasteiger partial charge in [0.05, 0.1) is 6.61 Å². The van der Waals surface area contributed by atoms with Crippen LogP contribution in [0.3, 0.4) is 0 Å². The summed E-state index contributed by atoms with van der Waals surface area (Å²) in [6.45, 7) is 0.577. The van der Waals surface area contributed by atoms with Crippen molar-refractivity contribution in [1.82, 2.24) is 0 Å². The first-order valence-electron chi connectivity index (χ1n) is 7.38. The van der Waals surface area contributed by atoms with Gasteiger partial charge >= 0.3 is 0 Å². The molecule has 25 heavy (non-hydrogen) atoms. The second-order valence-corrected chi connectivity index (χ2v) is 9.40. The fraction of sp³-hybridized carbons (Fsp3) is 1.00. The Bertz CT molecular complexity index is 515. The van der Waals surface area contributed by atoms with Crippen LogP contribution in [0.4, 0.5) is 0 Å². The molecule has 0 spiro atoms. The molecule has 1 rings (SSSR count). The normalized spacial score (nSPS) is 35.8. The van der Waals surface area contributed by atoms with E-state index < -0.39 is 75.9 Å². The molecule has 0 bridgehead atoms. The van der Waals surface area contributed by atoms with Gasteiger partial charge in [-0.25, -0.2) is 8.42 Å². The lowest BCUT2D eigenvalue weighted by Crippen LogP contribution is -2.58. The maximum atomic E-state index is 10.8. The van der Waals surface area contributed by atoms with Crippen LogP contribution >= 0.6 is 0 Å². The zero-order chi connectivity index (χ0) is 19.5. The van der Waals surface area contributed by atoms with Crippen molar-refractivity contribution in [2.24, 2.45) is 0 Å². The smallest absolute Gasteiger partial charge is 0.218 e. The fourth-order valence-corrected chi connectivity index (χ4v) is 5.59. The third kappa shape index (κ3) is 6.25. The van der Waals surface area contributed by atoms with Crippen molar-refractivity contribution in [2.75, 3.05) is 18.1 Å². The maximum Gasteiger partial charge on any atom is 0.218 e. The van der Waals surface area contributed by atoms with Gasteiger partial charge in [-0.05, 0) is 17.8 Å². The van der Waals surface area contributed by atoms with Gasteiger partial charge in [0.25, 0.3) is 0 Å². The highest BCUT2D eigenvalue weighted by molar-refractivity contribution is 7.97. The van der Waals surface area contributed by atoms with E-state index in [1.54, 1.807) is 6.92 Å². The first kappa shape index (κ1) is 23.0. The van der Waals surface area contributed by atoms with Gasteiger partial charge in [0.1, 0.15) is 59.5 Å². The highest BCUT2D eigenvalue weighted by Crippen LogP contribution is 2.25. The minimum absolute atomic E-state index is 0.00799. The van der Waals surface area contributed by atoms with Gasteiger partial charge in [-0.15, -0.1) is 0 Å². The molecule has 1 unspecified atom stereocenters. The minimum atomic E-state index is -5.34. The third-order valence-corrected chi connectivity index (χ3v) is 7.37. The van der Waals surface area contributed by atoms with Crippen LogP contribution in [-0.4, -0.2) is 115 Å². The van der Waals surface area contributed by atoms with Crippen LogP contribution in [0.2, 0.25) is 0 Å². The molecule has 1 aliphatic rings. The number of rotatable bonds is 8. The molecule has 1 fully saturated rings. The van der Waals surface area contributed by atoms with E-state index in [1.807, 2.05) is 0 Å². The van der Waals surface area contributed by atoms with Crippen molar-refractivity contribution in [3.63, 3.8) is 0 Å². The quantitative estimate of drug-likeness (QED) is 0.115. The highest BCUT2D eigenvalue weighted by Gasteiger charge is 2.49. The molecule has 0 aromatic rings. The second kappa shape index (κ2) is 9.23.